The number of amides is 1. The summed E-state index contributed by atoms with van der Waals surface area (Å²) < 4.78 is 2.03. The zero-order chi connectivity index (χ0) is 18.3. The van der Waals surface area contributed by atoms with E-state index in [0.29, 0.717) is 0 Å². The summed E-state index contributed by atoms with van der Waals surface area (Å²) in [6.45, 7) is 1.69. The van der Waals surface area contributed by atoms with Gasteiger partial charge in [-0.3, -0.25) is 4.79 Å². The van der Waals surface area contributed by atoms with E-state index in [2.05, 4.69) is 29.2 Å². The van der Waals surface area contributed by atoms with Crippen LogP contribution in [0.5, 0.6) is 0 Å². The summed E-state index contributed by atoms with van der Waals surface area (Å²) in [5.41, 5.74) is 4.84. The number of hydrogen-bond acceptors (Lipinski definition) is 1. The Morgan fingerprint density at radius 3 is 2.56 bits per heavy atom. The number of para-hydroxylation sites is 1. The molecule has 3 aromatic rings. The van der Waals surface area contributed by atoms with E-state index in [4.69, 9.17) is 0 Å². The van der Waals surface area contributed by atoms with Crippen molar-refractivity contribution in [2.75, 3.05) is 13.1 Å². The summed E-state index contributed by atoms with van der Waals surface area (Å²) in [4.78, 5) is 15.6. The van der Waals surface area contributed by atoms with Gasteiger partial charge < -0.3 is 9.47 Å². The van der Waals surface area contributed by atoms with Crippen LogP contribution in [0.25, 0.3) is 5.69 Å². The molecule has 2 aliphatic rings. The highest BCUT2D eigenvalue weighted by Gasteiger charge is 2.43. The maximum atomic E-state index is 13.5. The first kappa shape index (κ1) is 16.4. The van der Waals surface area contributed by atoms with E-state index in [0.717, 1.165) is 43.6 Å². The quantitative estimate of drug-likeness (QED) is 0.659. The molecule has 1 aliphatic heterocycles. The maximum Gasteiger partial charge on any atom is 0.256 e. The van der Waals surface area contributed by atoms with Gasteiger partial charge in [-0.25, -0.2) is 0 Å². The van der Waals surface area contributed by atoms with Crippen LogP contribution >= 0.6 is 0 Å². The predicted molar refractivity (Wildman–Crippen MR) is 107 cm³/mol. The molecular weight excluding hydrogens is 332 g/mol. The fraction of sp³-hybridized carbons (Fsp3) is 0.292. The molecule has 3 heteroatoms. The highest BCUT2D eigenvalue weighted by molar-refractivity contribution is 5.98. The Hall–Kier alpha value is -2.81. The lowest BCUT2D eigenvalue weighted by atomic mass is 9.75. The minimum absolute atomic E-state index is 0.146. The van der Waals surface area contributed by atoms with E-state index in [9.17, 15) is 4.79 Å². The summed E-state index contributed by atoms with van der Waals surface area (Å²) in [6.07, 6.45) is 8.56. The van der Waals surface area contributed by atoms with E-state index < -0.39 is 0 Å². The van der Waals surface area contributed by atoms with Crippen molar-refractivity contribution >= 4 is 5.91 Å². The summed E-state index contributed by atoms with van der Waals surface area (Å²) in [7, 11) is 0. The van der Waals surface area contributed by atoms with Gasteiger partial charge >= 0.3 is 0 Å². The van der Waals surface area contributed by atoms with Crippen molar-refractivity contribution in [1.82, 2.24) is 9.47 Å². The fourth-order valence-electron chi connectivity index (χ4n) is 5.04. The molecule has 136 valence electrons. The van der Waals surface area contributed by atoms with E-state index in [1.807, 2.05) is 53.4 Å². The van der Waals surface area contributed by atoms with E-state index in [-0.39, 0.29) is 11.3 Å². The number of rotatable bonds is 2. The Morgan fingerprint density at radius 2 is 1.67 bits per heavy atom. The van der Waals surface area contributed by atoms with Crippen molar-refractivity contribution in [3.05, 3.63) is 89.7 Å². The summed E-state index contributed by atoms with van der Waals surface area (Å²) in [5, 5.41) is 0. The first-order chi connectivity index (χ1) is 13.3. The number of carbonyl (C=O) groups excluding carboxylic acids is 1. The number of benzene rings is 2. The second kappa shape index (κ2) is 6.41. The second-order valence-corrected chi connectivity index (χ2v) is 7.88. The smallest absolute Gasteiger partial charge is 0.256 e. The number of nitrogens with zero attached hydrogens (tertiary/aromatic N) is 2. The number of hydrogen-bond donors (Lipinski definition) is 0. The molecule has 27 heavy (non-hydrogen) atoms. The summed E-state index contributed by atoms with van der Waals surface area (Å²) in [5.74, 6) is 0.155. The molecule has 0 saturated carbocycles. The largest absolute Gasteiger partial charge is 0.338 e. The molecule has 1 aliphatic carbocycles. The van der Waals surface area contributed by atoms with Crippen LogP contribution in [0.4, 0.5) is 0 Å². The van der Waals surface area contributed by atoms with Gasteiger partial charge in [0.1, 0.15) is 0 Å². The first-order valence-electron chi connectivity index (χ1n) is 9.87. The average molecular weight is 356 g/mol. The minimum atomic E-state index is 0.146. The van der Waals surface area contributed by atoms with Gasteiger partial charge in [0.2, 0.25) is 0 Å². The lowest BCUT2D eigenvalue weighted by molar-refractivity contribution is 0.0637. The van der Waals surface area contributed by atoms with Crippen molar-refractivity contribution in [1.29, 1.82) is 0 Å². The van der Waals surface area contributed by atoms with Crippen LogP contribution in [0.2, 0.25) is 0 Å². The van der Waals surface area contributed by atoms with Crippen molar-refractivity contribution < 1.29 is 4.79 Å². The van der Waals surface area contributed by atoms with Crippen molar-refractivity contribution in [2.24, 2.45) is 0 Å². The van der Waals surface area contributed by atoms with Gasteiger partial charge in [0, 0.05) is 30.9 Å². The van der Waals surface area contributed by atoms with Crippen molar-refractivity contribution in [3.8, 4) is 5.69 Å². The molecule has 3 nitrogen and oxygen atoms in total. The van der Waals surface area contributed by atoms with Crippen LogP contribution in [0.3, 0.4) is 0 Å². The molecule has 0 N–H and O–H groups in total. The number of aryl methyl sites for hydroxylation is 1. The van der Waals surface area contributed by atoms with E-state index in [1.54, 1.807) is 0 Å². The van der Waals surface area contributed by atoms with Gasteiger partial charge in [-0.2, -0.15) is 0 Å². The van der Waals surface area contributed by atoms with Gasteiger partial charge in [-0.15, -0.1) is 0 Å². The van der Waals surface area contributed by atoms with Crippen molar-refractivity contribution in [2.45, 2.75) is 31.1 Å². The number of piperidine rings is 1. The lowest BCUT2D eigenvalue weighted by Gasteiger charge is -2.41. The van der Waals surface area contributed by atoms with Crippen molar-refractivity contribution in [3.63, 3.8) is 0 Å². The molecule has 1 fully saturated rings. The maximum absolute atomic E-state index is 13.5. The SMILES string of the molecule is O=C(c1ccccc1-n1cccc1)N1CCCC2(CCc3ccccc32)C1. The first-order valence-corrected chi connectivity index (χ1v) is 9.87. The number of aromatic nitrogens is 1. The zero-order valence-electron chi connectivity index (χ0n) is 15.5. The molecule has 1 amide bonds. The minimum Gasteiger partial charge on any atom is -0.338 e. The summed E-state index contributed by atoms with van der Waals surface area (Å²) >= 11 is 0. The lowest BCUT2D eigenvalue weighted by Crippen LogP contribution is -2.47. The van der Waals surface area contributed by atoms with Crippen LogP contribution in [0.15, 0.2) is 73.1 Å². The molecule has 1 atom stereocenters. The topological polar surface area (TPSA) is 25.2 Å². The van der Waals surface area contributed by atoms with Crippen LogP contribution in [0.1, 0.15) is 40.7 Å². The molecule has 2 heterocycles. The zero-order valence-corrected chi connectivity index (χ0v) is 15.5. The number of fused-ring (bicyclic) bond motifs is 2. The molecule has 1 spiro atoms. The number of carbonyl (C=O) groups is 1. The van der Waals surface area contributed by atoms with Gasteiger partial charge in [0.05, 0.1) is 11.3 Å². The highest BCUT2D eigenvalue weighted by atomic mass is 16.2. The van der Waals surface area contributed by atoms with Crippen LogP contribution in [-0.2, 0) is 11.8 Å². The van der Waals surface area contributed by atoms with Gasteiger partial charge in [0.15, 0.2) is 0 Å². The Balaban J connectivity index is 1.47. The highest BCUT2D eigenvalue weighted by Crippen LogP contribution is 2.45. The summed E-state index contributed by atoms with van der Waals surface area (Å²) in [6, 6.07) is 20.8. The van der Waals surface area contributed by atoms with Gasteiger partial charge in [-0.05, 0) is 61.1 Å². The van der Waals surface area contributed by atoms with E-state index in [1.165, 1.54) is 17.5 Å². The Bertz CT molecular complexity index is 972. The predicted octanol–water partition coefficient (Wildman–Crippen LogP) is 4.60. The number of likely N-dealkylation sites (tertiary alicyclic amines) is 1. The van der Waals surface area contributed by atoms with Crippen LogP contribution < -0.4 is 0 Å². The third kappa shape index (κ3) is 2.69. The second-order valence-electron chi connectivity index (χ2n) is 7.88. The molecule has 1 saturated heterocycles. The third-order valence-corrected chi connectivity index (χ3v) is 6.34. The van der Waals surface area contributed by atoms with E-state index >= 15 is 0 Å². The van der Waals surface area contributed by atoms with Gasteiger partial charge in [0.25, 0.3) is 5.91 Å². The van der Waals surface area contributed by atoms with Crippen LogP contribution in [0, 0.1) is 0 Å². The van der Waals surface area contributed by atoms with Gasteiger partial charge in [-0.1, -0.05) is 36.4 Å². The normalized spacial score (nSPS) is 21.4. The monoisotopic (exact) mass is 356 g/mol. The third-order valence-electron chi connectivity index (χ3n) is 6.34. The molecule has 1 unspecified atom stereocenters. The van der Waals surface area contributed by atoms with Crippen LogP contribution in [-0.4, -0.2) is 28.5 Å². The average Bonchev–Trinajstić information content (AvgIpc) is 3.37. The Kier molecular flexibility index (Phi) is 3.89. The Labute approximate surface area is 160 Å². The molecule has 0 bridgehead atoms. The fourth-order valence-corrected chi connectivity index (χ4v) is 5.04. The molecular formula is C24H24N2O. The molecule has 5 rings (SSSR count). The molecule has 1 aromatic heterocycles. The Morgan fingerprint density at radius 1 is 0.889 bits per heavy atom. The molecule has 0 radical (unpaired) electrons. The standard InChI is InChI=1S/C24H24N2O/c27-23(20-9-2-4-11-22(20)25-15-5-6-16-25)26-17-7-13-24(18-26)14-12-19-8-1-3-10-21(19)24/h1-6,8-11,15-16H,7,12-14,17-18H2. The molecule has 2 aromatic carbocycles.